The van der Waals surface area contributed by atoms with E-state index in [1.807, 2.05) is 30.5 Å². The number of nitrogens with zero attached hydrogens (tertiary/aromatic N) is 4. The highest BCUT2D eigenvalue weighted by molar-refractivity contribution is 5.93. The molecule has 4 nitrogen and oxygen atoms in total. The van der Waals surface area contributed by atoms with Gasteiger partial charge in [-0.15, -0.1) is 0 Å². The minimum atomic E-state index is -0.621. The van der Waals surface area contributed by atoms with Crippen molar-refractivity contribution in [1.82, 2.24) is 19.9 Å². The fraction of sp³-hybridized carbons (Fsp3) is 0.0508. The van der Waals surface area contributed by atoms with E-state index in [4.69, 9.17) is 19.9 Å². The summed E-state index contributed by atoms with van der Waals surface area (Å²) in [6.45, 7) is 4.19. The van der Waals surface area contributed by atoms with E-state index in [9.17, 15) is 0 Å². The second kappa shape index (κ2) is 15.7. The Labute approximate surface area is 368 Å². The van der Waals surface area contributed by atoms with Crippen LogP contribution in [0.25, 0.3) is 78.7 Å². The van der Waals surface area contributed by atoms with Gasteiger partial charge < -0.3 is 0 Å². The molecule has 1 aliphatic carbocycles. The van der Waals surface area contributed by atoms with Gasteiger partial charge >= 0.3 is 0 Å². The molecular formula is C59H42N4. The maximum absolute atomic E-state index is 5.44. The van der Waals surface area contributed by atoms with Crippen LogP contribution in [0.5, 0.6) is 0 Å². The molecule has 0 bridgehead atoms. The van der Waals surface area contributed by atoms with Crippen LogP contribution in [0.2, 0.25) is 0 Å². The number of hydrogen-bond acceptors (Lipinski definition) is 4. The molecule has 1 aliphatic rings. The monoisotopic (exact) mass is 806 g/mol. The maximum Gasteiger partial charge on any atom is 0.164 e. The van der Waals surface area contributed by atoms with Crippen molar-refractivity contribution in [3.05, 3.63) is 252 Å². The van der Waals surface area contributed by atoms with Gasteiger partial charge in [0.05, 0.1) is 5.41 Å². The van der Waals surface area contributed by atoms with Crippen molar-refractivity contribution < 1.29 is 0 Å². The minimum Gasteiger partial charge on any atom is -0.261 e. The van der Waals surface area contributed by atoms with Gasteiger partial charge in [0.2, 0.25) is 0 Å². The molecule has 2 aromatic heterocycles. The lowest BCUT2D eigenvalue weighted by Gasteiger charge is -2.34. The van der Waals surface area contributed by atoms with E-state index in [1.54, 1.807) is 0 Å². The molecule has 0 unspecified atom stereocenters. The standard InChI is InChI=1S/C59H42N4/c1-39-36-52(40(2)60-38-39)48-25-13-12-24-47(48)49-35-34-46(59(45-22-10-5-11-23-45)54-28-16-14-26-50(54)51-27-15-17-29-55(51)59)37-53(49)58-62-56(43-20-8-4-9-21-43)61-57(63-58)44-32-30-42(31-33-44)41-18-6-3-7-19-41/h3-38H,1-2H3. The van der Waals surface area contributed by atoms with Gasteiger partial charge in [0, 0.05) is 34.1 Å². The summed E-state index contributed by atoms with van der Waals surface area (Å²) in [7, 11) is 0. The van der Waals surface area contributed by atoms with E-state index in [-0.39, 0.29) is 0 Å². The van der Waals surface area contributed by atoms with Gasteiger partial charge in [-0.25, -0.2) is 15.0 Å². The largest absolute Gasteiger partial charge is 0.261 e. The van der Waals surface area contributed by atoms with Crippen LogP contribution < -0.4 is 0 Å². The summed E-state index contributed by atoms with van der Waals surface area (Å²) in [6.07, 6.45) is 1.94. The second-order valence-electron chi connectivity index (χ2n) is 16.3. The van der Waals surface area contributed by atoms with Crippen molar-refractivity contribution in [2.45, 2.75) is 19.3 Å². The summed E-state index contributed by atoms with van der Waals surface area (Å²) in [6, 6.07) is 75.7. The Hall–Kier alpha value is -8.08. The number of pyridine rings is 1. The van der Waals surface area contributed by atoms with Crippen LogP contribution in [-0.4, -0.2) is 19.9 Å². The highest BCUT2D eigenvalue weighted by atomic mass is 15.0. The van der Waals surface area contributed by atoms with E-state index in [0.717, 1.165) is 66.9 Å². The Balaban J connectivity index is 1.21. The third kappa shape index (κ3) is 6.55. The normalized spacial score (nSPS) is 12.4. The van der Waals surface area contributed by atoms with Crippen molar-refractivity contribution in [2.24, 2.45) is 0 Å². The van der Waals surface area contributed by atoms with Crippen LogP contribution in [0.15, 0.2) is 219 Å². The van der Waals surface area contributed by atoms with Crippen LogP contribution in [0.1, 0.15) is 33.5 Å². The summed E-state index contributed by atoms with van der Waals surface area (Å²) in [5, 5.41) is 0. The Morgan fingerprint density at radius 3 is 1.38 bits per heavy atom. The fourth-order valence-corrected chi connectivity index (χ4v) is 9.56. The zero-order valence-corrected chi connectivity index (χ0v) is 35.1. The van der Waals surface area contributed by atoms with Gasteiger partial charge in [-0.05, 0) is 92.7 Å². The van der Waals surface area contributed by atoms with Crippen LogP contribution >= 0.6 is 0 Å². The molecule has 0 fully saturated rings. The Bertz CT molecular complexity index is 3240. The van der Waals surface area contributed by atoms with Crippen molar-refractivity contribution >= 4 is 0 Å². The van der Waals surface area contributed by atoms with E-state index < -0.39 is 5.41 Å². The van der Waals surface area contributed by atoms with Gasteiger partial charge in [0.25, 0.3) is 0 Å². The Kier molecular flexibility index (Phi) is 9.47. The lowest BCUT2D eigenvalue weighted by atomic mass is 9.67. The van der Waals surface area contributed by atoms with Crippen molar-refractivity contribution in [3.8, 4) is 78.7 Å². The van der Waals surface area contributed by atoms with Crippen LogP contribution in [0.4, 0.5) is 0 Å². The zero-order chi connectivity index (χ0) is 42.3. The maximum atomic E-state index is 5.44. The Morgan fingerprint density at radius 2 is 0.762 bits per heavy atom. The summed E-state index contributed by atoms with van der Waals surface area (Å²) in [5.74, 6) is 1.82. The first kappa shape index (κ1) is 37.9. The van der Waals surface area contributed by atoms with E-state index in [0.29, 0.717) is 17.5 Å². The highest BCUT2D eigenvalue weighted by Crippen LogP contribution is 2.57. The van der Waals surface area contributed by atoms with Gasteiger partial charge in [-0.2, -0.15) is 0 Å². The fourth-order valence-electron chi connectivity index (χ4n) is 9.56. The molecule has 10 aromatic rings. The number of aromatic nitrogens is 4. The Morgan fingerprint density at radius 1 is 0.317 bits per heavy atom. The molecular weight excluding hydrogens is 765 g/mol. The quantitative estimate of drug-likeness (QED) is 0.153. The van der Waals surface area contributed by atoms with E-state index in [2.05, 4.69) is 202 Å². The molecule has 0 saturated carbocycles. The number of fused-ring (bicyclic) bond motifs is 3. The average molecular weight is 807 g/mol. The van der Waals surface area contributed by atoms with Crippen molar-refractivity contribution in [3.63, 3.8) is 0 Å². The van der Waals surface area contributed by atoms with Gasteiger partial charge in [-0.1, -0.05) is 200 Å². The summed E-state index contributed by atoms with van der Waals surface area (Å²) in [5.41, 5.74) is 18.1. The summed E-state index contributed by atoms with van der Waals surface area (Å²) in [4.78, 5) is 20.8. The number of aryl methyl sites for hydroxylation is 2. The smallest absolute Gasteiger partial charge is 0.164 e. The third-order valence-corrected chi connectivity index (χ3v) is 12.5. The van der Waals surface area contributed by atoms with Crippen LogP contribution in [0, 0.1) is 13.8 Å². The SMILES string of the molecule is Cc1cnc(C)c(-c2ccccc2-c2ccc(C3(c4ccccc4)c4ccccc4-c4ccccc43)cc2-c2nc(-c3ccccc3)nc(-c3ccc(-c4ccccc4)cc3)n2)c1. The minimum absolute atomic E-state index is 0.597. The molecule has 8 aromatic carbocycles. The molecule has 63 heavy (non-hydrogen) atoms. The van der Waals surface area contributed by atoms with Gasteiger partial charge in [0.1, 0.15) is 0 Å². The predicted octanol–water partition coefficient (Wildman–Crippen LogP) is 14.2. The lowest BCUT2D eigenvalue weighted by Crippen LogP contribution is -2.28. The number of hydrogen-bond donors (Lipinski definition) is 0. The van der Waals surface area contributed by atoms with Crippen LogP contribution in [-0.2, 0) is 5.41 Å². The molecule has 298 valence electrons. The predicted molar refractivity (Wildman–Crippen MR) is 257 cm³/mol. The van der Waals surface area contributed by atoms with Crippen LogP contribution in [0.3, 0.4) is 0 Å². The number of rotatable bonds is 8. The molecule has 2 heterocycles. The number of benzene rings is 8. The average Bonchev–Trinajstić information content (AvgIpc) is 3.66. The molecule has 0 radical (unpaired) electrons. The first-order chi connectivity index (χ1) is 31.1. The molecule has 0 atom stereocenters. The topological polar surface area (TPSA) is 51.6 Å². The van der Waals surface area contributed by atoms with Crippen molar-refractivity contribution in [2.75, 3.05) is 0 Å². The molecule has 0 spiro atoms. The molecule has 11 rings (SSSR count). The molecule has 0 N–H and O–H groups in total. The van der Waals surface area contributed by atoms with E-state index in [1.165, 1.54) is 27.8 Å². The lowest BCUT2D eigenvalue weighted by molar-refractivity contribution is 0.768. The van der Waals surface area contributed by atoms with Gasteiger partial charge in [-0.3, -0.25) is 4.98 Å². The highest BCUT2D eigenvalue weighted by Gasteiger charge is 2.46. The summed E-state index contributed by atoms with van der Waals surface area (Å²) < 4.78 is 0. The first-order valence-electron chi connectivity index (χ1n) is 21.5. The molecule has 0 amide bonds. The molecule has 0 aliphatic heterocycles. The second-order valence-corrected chi connectivity index (χ2v) is 16.3. The zero-order valence-electron chi connectivity index (χ0n) is 35.1. The molecule has 0 saturated heterocycles. The van der Waals surface area contributed by atoms with E-state index >= 15 is 0 Å². The molecule has 4 heteroatoms. The third-order valence-electron chi connectivity index (χ3n) is 12.5. The summed E-state index contributed by atoms with van der Waals surface area (Å²) >= 11 is 0. The van der Waals surface area contributed by atoms with Gasteiger partial charge in [0.15, 0.2) is 17.5 Å². The first-order valence-corrected chi connectivity index (χ1v) is 21.5. The van der Waals surface area contributed by atoms with Crippen molar-refractivity contribution in [1.29, 1.82) is 0 Å².